The van der Waals surface area contributed by atoms with Crippen LogP contribution in [0, 0.1) is 0 Å². The molecule has 0 heterocycles. The van der Waals surface area contributed by atoms with Crippen molar-refractivity contribution in [2.75, 3.05) is 7.11 Å². The minimum atomic E-state index is -2.42. The molecule has 0 fully saturated rings. The Morgan fingerprint density at radius 1 is 1.38 bits per heavy atom. The van der Waals surface area contributed by atoms with Crippen molar-refractivity contribution in [1.29, 1.82) is 0 Å². The first-order valence-electron chi connectivity index (χ1n) is 4.31. The number of allylic oxidation sites excluding steroid dienone is 1. The van der Waals surface area contributed by atoms with Gasteiger partial charge in [0.2, 0.25) is 0 Å². The number of hydrogen-bond donors (Lipinski definition) is 2. The van der Waals surface area contributed by atoms with E-state index in [0.29, 0.717) is 11.5 Å². The maximum absolute atomic E-state index is 8.72. The molecule has 0 aliphatic rings. The SMILES string of the molecule is C=CCc1ccc(OP(O)O)c(OC)c1.[KH]. The second-order valence-electron chi connectivity index (χ2n) is 2.82. The Morgan fingerprint density at radius 2 is 2.06 bits per heavy atom. The maximum atomic E-state index is 8.72. The summed E-state index contributed by atoms with van der Waals surface area (Å²) < 4.78 is 9.86. The van der Waals surface area contributed by atoms with Gasteiger partial charge in [0, 0.05) is 0 Å². The first kappa shape index (κ1) is 16.5. The van der Waals surface area contributed by atoms with Crippen LogP contribution in [-0.4, -0.2) is 68.3 Å². The molecule has 0 bridgehead atoms. The standard InChI is InChI=1S/C10H13O4P.K.H/c1-3-4-8-5-6-9(14-15(11)12)10(7-8)13-2;;/h3,5-7,11-12H,1,4H2,2H3;;. The van der Waals surface area contributed by atoms with Crippen molar-refractivity contribution in [1.82, 2.24) is 0 Å². The van der Waals surface area contributed by atoms with Gasteiger partial charge in [-0.25, -0.2) is 0 Å². The number of rotatable bonds is 5. The van der Waals surface area contributed by atoms with Crippen LogP contribution in [0.3, 0.4) is 0 Å². The summed E-state index contributed by atoms with van der Waals surface area (Å²) in [4.78, 5) is 17.4. The van der Waals surface area contributed by atoms with Crippen LogP contribution in [0.25, 0.3) is 0 Å². The van der Waals surface area contributed by atoms with Crippen molar-refractivity contribution in [2.24, 2.45) is 0 Å². The van der Waals surface area contributed by atoms with E-state index in [4.69, 9.17) is 19.0 Å². The van der Waals surface area contributed by atoms with Gasteiger partial charge in [-0.2, -0.15) is 0 Å². The minimum absolute atomic E-state index is 0. The second kappa shape index (κ2) is 8.61. The molecule has 0 amide bonds. The molecule has 1 aromatic carbocycles. The van der Waals surface area contributed by atoms with Gasteiger partial charge in [-0.1, -0.05) is 12.1 Å². The molecule has 0 spiro atoms. The van der Waals surface area contributed by atoms with E-state index in [-0.39, 0.29) is 51.4 Å². The molecular weight excluding hydrogens is 254 g/mol. The zero-order valence-electron chi connectivity index (χ0n) is 8.38. The number of hydrogen-bond acceptors (Lipinski definition) is 4. The van der Waals surface area contributed by atoms with Crippen LogP contribution in [0.5, 0.6) is 11.5 Å². The van der Waals surface area contributed by atoms with Crippen molar-refractivity contribution >= 4 is 60.0 Å². The fourth-order valence-electron chi connectivity index (χ4n) is 1.17. The first-order chi connectivity index (χ1) is 7.17. The van der Waals surface area contributed by atoms with Gasteiger partial charge in [0.15, 0.2) is 11.5 Å². The Kier molecular flexibility index (Phi) is 8.90. The molecule has 0 saturated heterocycles. The third-order valence-corrected chi connectivity index (χ3v) is 2.15. The molecule has 4 nitrogen and oxygen atoms in total. The first-order valence-corrected chi connectivity index (χ1v) is 5.47. The molecule has 6 heteroatoms. The predicted octanol–water partition coefficient (Wildman–Crippen LogP) is 1.37. The molecule has 0 atom stereocenters. The van der Waals surface area contributed by atoms with Crippen molar-refractivity contribution in [3.63, 3.8) is 0 Å². The van der Waals surface area contributed by atoms with E-state index in [9.17, 15) is 0 Å². The van der Waals surface area contributed by atoms with Crippen LogP contribution in [-0.2, 0) is 6.42 Å². The van der Waals surface area contributed by atoms with Gasteiger partial charge in [-0.05, 0) is 24.1 Å². The molecule has 2 N–H and O–H groups in total. The van der Waals surface area contributed by atoms with Crippen molar-refractivity contribution < 1.29 is 19.0 Å². The van der Waals surface area contributed by atoms with E-state index in [2.05, 4.69) is 6.58 Å². The number of ether oxygens (including phenoxy) is 1. The molecule has 0 aromatic heterocycles. The van der Waals surface area contributed by atoms with Crippen molar-refractivity contribution in [2.45, 2.75) is 6.42 Å². The fourth-order valence-corrected chi connectivity index (χ4v) is 1.50. The molecule has 1 rings (SSSR count). The molecular formula is C10H14KO4P. The fraction of sp³-hybridized carbons (Fsp3) is 0.200. The molecule has 1 aromatic rings. The van der Waals surface area contributed by atoms with Crippen LogP contribution in [0.15, 0.2) is 30.9 Å². The topological polar surface area (TPSA) is 58.9 Å². The van der Waals surface area contributed by atoms with Crippen LogP contribution >= 0.6 is 8.60 Å². The summed E-state index contributed by atoms with van der Waals surface area (Å²) in [6, 6.07) is 5.23. The zero-order valence-corrected chi connectivity index (χ0v) is 9.28. The number of benzene rings is 1. The van der Waals surface area contributed by atoms with E-state index >= 15 is 0 Å². The zero-order chi connectivity index (χ0) is 11.3. The third kappa shape index (κ3) is 5.25. The van der Waals surface area contributed by atoms with Gasteiger partial charge >= 0.3 is 60.0 Å². The van der Waals surface area contributed by atoms with Gasteiger partial charge in [0.05, 0.1) is 7.11 Å². The molecule has 16 heavy (non-hydrogen) atoms. The van der Waals surface area contributed by atoms with Crippen molar-refractivity contribution in [3.05, 3.63) is 36.4 Å². The molecule has 84 valence electrons. The summed E-state index contributed by atoms with van der Waals surface area (Å²) in [5, 5.41) is 0. The van der Waals surface area contributed by atoms with Gasteiger partial charge < -0.3 is 19.0 Å². The summed E-state index contributed by atoms with van der Waals surface area (Å²) >= 11 is 0. The van der Waals surface area contributed by atoms with E-state index in [0.717, 1.165) is 12.0 Å². The Balaban J connectivity index is 0.00000225. The predicted molar refractivity (Wildman–Crippen MR) is 66.0 cm³/mol. The quantitative estimate of drug-likeness (QED) is 0.481. The van der Waals surface area contributed by atoms with E-state index in [1.807, 2.05) is 6.07 Å². The molecule has 0 aliphatic carbocycles. The van der Waals surface area contributed by atoms with Gasteiger partial charge in [0.1, 0.15) is 0 Å². The average molecular weight is 268 g/mol. The summed E-state index contributed by atoms with van der Waals surface area (Å²) in [6.45, 7) is 3.63. The van der Waals surface area contributed by atoms with Crippen LogP contribution < -0.4 is 9.26 Å². The summed E-state index contributed by atoms with van der Waals surface area (Å²) in [6.07, 6.45) is 2.50. The van der Waals surface area contributed by atoms with Crippen molar-refractivity contribution in [3.8, 4) is 11.5 Å². The summed E-state index contributed by atoms with van der Waals surface area (Å²) in [7, 11) is -0.919. The second-order valence-corrected chi connectivity index (χ2v) is 3.51. The van der Waals surface area contributed by atoms with Gasteiger partial charge in [0.25, 0.3) is 0 Å². The third-order valence-electron chi connectivity index (χ3n) is 1.79. The van der Waals surface area contributed by atoms with Gasteiger partial charge in [-0.15, -0.1) is 6.58 Å². The molecule has 0 unspecified atom stereocenters. The van der Waals surface area contributed by atoms with Gasteiger partial charge in [-0.3, -0.25) is 0 Å². The monoisotopic (exact) mass is 268 g/mol. The van der Waals surface area contributed by atoms with E-state index in [1.54, 1.807) is 18.2 Å². The van der Waals surface area contributed by atoms with Crippen LogP contribution in [0.4, 0.5) is 0 Å². The van der Waals surface area contributed by atoms with E-state index in [1.165, 1.54) is 7.11 Å². The Bertz CT molecular complexity index is 344. The Morgan fingerprint density at radius 3 is 2.56 bits per heavy atom. The average Bonchev–Trinajstić information content (AvgIpc) is 2.20. The van der Waals surface area contributed by atoms with Crippen LogP contribution in [0.2, 0.25) is 0 Å². The summed E-state index contributed by atoms with van der Waals surface area (Å²) in [5.41, 5.74) is 1.02. The molecule has 0 aliphatic heterocycles. The normalized spacial score (nSPS) is 9.50. The molecule has 0 saturated carbocycles. The summed E-state index contributed by atoms with van der Waals surface area (Å²) in [5.74, 6) is 0.798. The molecule has 0 radical (unpaired) electrons. The van der Waals surface area contributed by atoms with E-state index < -0.39 is 8.60 Å². The Labute approximate surface area is 139 Å². The van der Waals surface area contributed by atoms with Crippen LogP contribution in [0.1, 0.15) is 5.56 Å². The number of methoxy groups -OCH3 is 1. The Hall–Kier alpha value is 0.546.